The predicted molar refractivity (Wildman–Crippen MR) is 119 cm³/mol. The van der Waals surface area contributed by atoms with Gasteiger partial charge in [-0.1, -0.05) is 0 Å². The standard InChI is InChI=1S/C21H46N6/c1-7-22-21(24-12-10-14-27(19(2)3)20(4)5)23-11-8-9-13-26-17-15-25(6)16-18-26/h19-20H,7-18H2,1-6H3,(H2,22,23,24). The van der Waals surface area contributed by atoms with Crippen molar-refractivity contribution in [1.29, 1.82) is 0 Å². The first-order valence-electron chi connectivity index (χ1n) is 11.1. The third-order valence-corrected chi connectivity index (χ3v) is 5.30. The Morgan fingerprint density at radius 3 is 2.22 bits per heavy atom. The first-order chi connectivity index (χ1) is 12.9. The maximum absolute atomic E-state index is 4.75. The summed E-state index contributed by atoms with van der Waals surface area (Å²) in [5, 5.41) is 6.87. The minimum atomic E-state index is 0.598. The Morgan fingerprint density at radius 1 is 0.963 bits per heavy atom. The smallest absolute Gasteiger partial charge is 0.191 e. The molecule has 0 bridgehead atoms. The first-order valence-corrected chi connectivity index (χ1v) is 11.1. The minimum Gasteiger partial charge on any atom is -0.357 e. The summed E-state index contributed by atoms with van der Waals surface area (Å²) in [4.78, 5) is 12.3. The minimum absolute atomic E-state index is 0.598. The number of hydrogen-bond donors (Lipinski definition) is 2. The molecule has 1 rings (SSSR count). The zero-order valence-corrected chi connectivity index (χ0v) is 18.9. The summed E-state index contributed by atoms with van der Waals surface area (Å²) < 4.78 is 0. The Hall–Kier alpha value is -0.850. The zero-order valence-electron chi connectivity index (χ0n) is 18.9. The lowest BCUT2D eigenvalue weighted by Gasteiger charge is -2.32. The van der Waals surface area contributed by atoms with Gasteiger partial charge in [-0.25, -0.2) is 0 Å². The van der Waals surface area contributed by atoms with Crippen molar-refractivity contribution < 1.29 is 0 Å². The van der Waals surface area contributed by atoms with E-state index in [1.807, 2.05) is 0 Å². The quantitative estimate of drug-likeness (QED) is 0.307. The van der Waals surface area contributed by atoms with Crippen LogP contribution in [0.25, 0.3) is 0 Å². The van der Waals surface area contributed by atoms with E-state index in [4.69, 9.17) is 4.99 Å². The van der Waals surface area contributed by atoms with Crippen molar-refractivity contribution in [3.63, 3.8) is 0 Å². The Bertz CT molecular complexity index is 380. The van der Waals surface area contributed by atoms with Crippen LogP contribution in [-0.2, 0) is 0 Å². The number of unbranched alkanes of at least 4 members (excludes halogenated alkanes) is 1. The highest BCUT2D eigenvalue weighted by Gasteiger charge is 2.13. The van der Waals surface area contributed by atoms with Crippen LogP contribution in [0.4, 0.5) is 0 Å². The monoisotopic (exact) mass is 382 g/mol. The maximum Gasteiger partial charge on any atom is 0.191 e. The number of nitrogens with one attached hydrogen (secondary N) is 2. The van der Waals surface area contributed by atoms with Crippen molar-refractivity contribution in [3.8, 4) is 0 Å². The molecule has 0 atom stereocenters. The first kappa shape index (κ1) is 24.2. The molecule has 1 aliphatic rings. The van der Waals surface area contributed by atoms with Crippen LogP contribution < -0.4 is 10.6 Å². The molecule has 0 unspecified atom stereocenters. The van der Waals surface area contributed by atoms with Crippen molar-refractivity contribution in [1.82, 2.24) is 25.3 Å². The highest BCUT2D eigenvalue weighted by atomic mass is 15.2. The van der Waals surface area contributed by atoms with Gasteiger partial charge in [0.2, 0.25) is 0 Å². The van der Waals surface area contributed by atoms with Crippen LogP contribution in [0.2, 0.25) is 0 Å². The van der Waals surface area contributed by atoms with Gasteiger partial charge in [-0.15, -0.1) is 0 Å². The normalized spacial score (nSPS) is 17.3. The number of piperazine rings is 1. The van der Waals surface area contributed by atoms with Gasteiger partial charge < -0.3 is 20.4 Å². The summed E-state index contributed by atoms with van der Waals surface area (Å²) in [7, 11) is 2.21. The lowest BCUT2D eigenvalue weighted by molar-refractivity contribution is 0.152. The third-order valence-electron chi connectivity index (χ3n) is 5.30. The van der Waals surface area contributed by atoms with E-state index in [-0.39, 0.29) is 0 Å². The summed E-state index contributed by atoms with van der Waals surface area (Å²) in [5.41, 5.74) is 0. The summed E-state index contributed by atoms with van der Waals surface area (Å²) >= 11 is 0. The summed E-state index contributed by atoms with van der Waals surface area (Å²) in [6, 6.07) is 1.20. The molecular formula is C21H46N6. The molecule has 6 nitrogen and oxygen atoms in total. The zero-order chi connectivity index (χ0) is 20.1. The van der Waals surface area contributed by atoms with Crippen molar-refractivity contribution >= 4 is 5.96 Å². The molecule has 1 saturated heterocycles. The number of rotatable bonds is 12. The highest BCUT2D eigenvalue weighted by molar-refractivity contribution is 5.79. The summed E-state index contributed by atoms with van der Waals surface area (Å²) in [5.74, 6) is 0.970. The predicted octanol–water partition coefficient (Wildman–Crippen LogP) is 2.08. The number of hydrogen-bond acceptors (Lipinski definition) is 4. The third kappa shape index (κ3) is 10.9. The molecule has 160 valence electrons. The average molecular weight is 383 g/mol. The van der Waals surface area contributed by atoms with E-state index in [0.29, 0.717) is 12.1 Å². The Kier molecular flexibility index (Phi) is 12.7. The average Bonchev–Trinajstić information content (AvgIpc) is 2.62. The van der Waals surface area contributed by atoms with Gasteiger partial charge in [-0.3, -0.25) is 9.89 Å². The Labute approximate surface area is 168 Å². The molecule has 1 aliphatic heterocycles. The molecule has 1 fully saturated rings. The van der Waals surface area contributed by atoms with Crippen molar-refractivity contribution in [2.24, 2.45) is 4.99 Å². The van der Waals surface area contributed by atoms with Crippen molar-refractivity contribution in [2.75, 3.05) is 66.0 Å². The SMILES string of the molecule is CCNC(=NCCCN(C(C)C)C(C)C)NCCCCN1CCN(C)CC1. The molecule has 0 saturated carbocycles. The second-order valence-electron chi connectivity index (χ2n) is 8.32. The molecule has 6 heteroatoms. The van der Waals surface area contributed by atoms with E-state index in [9.17, 15) is 0 Å². The topological polar surface area (TPSA) is 46.1 Å². The largest absolute Gasteiger partial charge is 0.357 e. The molecule has 0 aliphatic carbocycles. The van der Waals surface area contributed by atoms with Gasteiger partial charge in [0, 0.05) is 64.4 Å². The fourth-order valence-corrected chi connectivity index (χ4v) is 3.64. The van der Waals surface area contributed by atoms with E-state index in [0.717, 1.165) is 38.6 Å². The van der Waals surface area contributed by atoms with Crippen molar-refractivity contribution in [2.45, 2.75) is 66.0 Å². The molecule has 0 aromatic heterocycles. The van der Waals surface area contributed by atoms with Crippen LogP contribution in [0.15, 0.2) is 4.99 Å². The van der Waals surface area contributed by atoms with Gasteiger partial charge in [0.15, 0.2) is 5.96 Å². The molecule has 0 radical (unpaired) electrons. The number of likely N-dealkylation sites (N-methyl/N-ethyl adjacent to an activating group) is 1. The van der Waals surface area contributed by atoms with Crippen LogP contribution in [0.5, 0.6) is 0 Å². The molecular weight excluding hydrogens is 336 g/mol. The van der Waals surface area contributed by atoms with E-state index in [2.05, 4.69) is 67.0 Å². The molecule has 0 amide bonds. The maximum atomic E-state index is 4.75. The molecule has 27 heavy (non-hydrogen) atoms. The van der Waals surface area contributed by atoms with E-state index >= 15 is 0 Å². The molecule has 0 aromatic rings. The van der Waals surface area contributed by atoms with Crippen LogP contribution in [0.1, 0.15) is 53.9 Å². The lowest BCUT2D eigenvalue weighted by Crippen LogP contribution is -2.44. The highest BCUT2D eigenvalue weighted by Crippen LogP contribution is 2.05. The van der Waals surface area contributed by atoms with Crippen LogP contribution >= 0.6 is 0 Å². The van der Waals surface area contributed by atoms with Gasteiger partial charge in [0.05, 0.1) is 0 Å². The van der Waals surface area contributed by atoms with Crippen molar-refractivity contribution in [3.05, 3.63) is 0 Å². The fourth-order valence-electron chi connectivity index (χ4n) is 3.64. The molecule has 2 N–H and O–H groups in total. The number of nitrogens with zero attached hydrogens (tertiary/aromatic N) is 4. The van der Waals surface area contributed by atoms with E-state index in [1.54, 1.807) is 0 Å². The van der Waals surface area contributed by atoms with Crippen LogP contribution in [0.3, 0.4) is 0 Å². The van der Waals surface area contributed by atoms with Crippen LogP contribution in [0, 0.1) is 0 Å². The number of aliphatic imine (C=N–C) groups is 1. The number of guanidine groups is 1. The van der Waals surface area contributed by atoms with Crippen LogP contribution in [-0.4, -0.2) is 98.7 Å². The summed E-state index contributed by atoms with van der Waals surface area (Å²) in [6.07, 6.45) is 3.56. The second kappa shape index (κ2) is 14.2. The fraction of sp³-hybridized carbons (Fsp3) is 0.952. The summed E-state index contributed by atoms with van der Waals surface area (Å²) in [6.45, 7) is 21.2. The molecule has 0 aromatic carbocycles. The van der Waals surface area contributed by atoms with Gasteiger partial charge in [-0.2, -0.15) is 0 Å². The molecule has 1 heterocycles. The van der Waals surface area contributed by atoms with Gasteiger partial charge in [0.1, 0.15) is 0 Å². The Morgan fingerprint density at radius 2 is 1.63 bits per heavy atom. The lowest BCUT2D eigenvalue weighted by atomic mass is 10.2. The second-order valence-corrected chi connectivity index (χ2v) is 8.32. The van der Waals surface area contributed by atoms with Gasteiger partial charge in [-0.05, 0) is 67.5 Å². The van der Waals surface area contributed by atoms with Gasteiger partial charge >= 0.3 is 0 Å². The van der Waals surface area contributed by atoms with Gasteiger partial charge in [0.25, 0.3) is 0 Å². The van der Waals surface area contributed by atoms with E-state index < -0.39 is 0 Å². The van der Waals surface area contributed by atoms with E-state index in [1.165, 1.54) is 45.6 Å². The Balaban J connectivity index is 2.19. The molecule has 0 spiro atoms.